The maximum atomic E-state index is 10.7. The van der Waals surface area contributed by atoms with E-state index in [0.717, 1.165) is 12.8 Å². The van der Waals surface area contributed by atoms with Crippen molar-refractivity contribution in [2.45, 2.75) is 33.1 Å². The summed E-state index contributed by atoms with van der Waals surface area (Å²) in [4.78, 5) is 21.2. The van der Waals surface area contributed by atoms with Crippen molar-refractivity contribution in [3.8, 4) is 0 Å². The topological polar surface area (TPSA) is 74.6 Å². The Morgan fingerprint density at radius 3 is 1.87 bits per heavy atom. The number of carbonyl (C=O) groups is 2. The van der Waals surface area contributed by atoms with Crippen LogP contribution in [-0.2, 0) is 9.59 Å². The Labute approximate surface area is 134 Å². The fourth-order valence-corrected chi connectivity index (χ4v) is 1.18. The molecule has 2 atom stereocenters. The van der Waals surface area contributed by atoms with Crippen LogP contribution in [0.1, 0.15) is 33.1 Å². The van der Waals surface area contributed by atoms with Crippen molar-refractivity contribution in [2.24, 2.45) is 11.8 Å². The van der Waals surface area contributed by atoms with E-state index in [2.05, 4.69) is 0 Å². The van der Waals surface area contributed by atoms with Gasteiger partial charge in [-0.25, -0.2) is 0 Å². The van der Waals surface area contributed by atoms with E-state index in [0.29, 0.717) is 6.42 Å². The van der Waals surface area contributed by atoms with E-state index in [4.69, 9.17) is 10.2 Å². The molecule has 0 aliphatic heterocycles. The van der Waals surface area contributed by atoms with Crippen LogP contribution in [0.15, 0.2) is 0 Å². The van der Waals surface area contributed by atoms with Gasteiger partial charge >= 0.3 is 11.9 Å². The van der Waals surface area contributed by atoms with Gasteiger partial charge in [-0.2, -0.15) is 0 Å². The molecule has 0 spiro atoms. The minimum atomic E-state index is -1.04. The molecule has 0 aliphatic rings. The summed E-state index contributed by atoms with van der Waals surface area (Å²) in [5.41, 5.74) is 0. The third kappa shape index (κ3) is 8.72. The summed E-state index contributed by atoms with van der Waals surface area (Å²) in [7, 11) is 0. The van der Waals surface area contributed by atoms with E-state index < -0.39 is 23.8 Å². The standard InChI is InChI=1S/C9H16O4.2Na/c1-3-4-5-7(9(12)13)6(2)8(10)11;;/h6-7H,3-5H2,1-2H3,(H,10,11)(H,12,13);;. The van der Waals surface area contributed by atoms with E-state index >= 15 is 0 Å². The molecule has 0 amide bonds. The van der Waals surface area contributed by atoms with Gasteiger partial charge in [0.15, 0.2) is 0 Å². The largest absolute Gasteiger partial charge is 0.481 e. The van der Waals surface area contributed by atoms with Crippen LogP contribution in [0.4, 0.5) is 0 Å². The minimum absolute atomic E-state index is 0. The molecule has 78 valence electrons. The van der Waals surface area contributed by atoms with E-state index in [-0.39, 0.29) is 59.1 Å². The van der Waals surface area contributed by atoms with E-state index in [1.165, 1.54) is 6.92 Å². The molecule has 0 saturated carbocycles. The Morgan fingerprint density at radius 1 is 1.13 bits per heavy atom. The van der Waals surface area contributed by atoms with Crippen LogP contribution < -0.4 is 0 Å². The van der Waals surface area contributed by atoms with Crippen molar-refractivity contribution < 1.29 is 19.8 Å². The van der Waals surface area contributed by atoms with Crippen LogP contribution in [0.25, 0.3) is 0 Å². The summed E-state index contributed by atoms with van der Waals surface area (Å²) >= 11 is 0. The van der Waals surface area contributed by atoms with Gasteiger partial charge in [-0.3, -0.25) is 9.59 Å². The van der Waals surface area contributed by atoms with Gasteiger partial charge in [0.25, 0.3) is 0 Å². The second kappa shape index (κ2) is 11.4. The fraction of sp³-hybridized carbons (Fsp3) is 0.778. The van der Waals surface area contributed by atoms with Crippen LogP contribution in [0.5, 0.6) is 0 Å². The molecule has 0 fully saturated rings. The SMILES string of the molecule is CCCCC(C(=O)O)C(C)C(=O)O.[Na].[Na]. The first-order chi connectivity index (χ1) is 6.00. The number of aliphatic carboxylic acids is 2. The molecular weight excluding hydrogens is 218 g/mol. The number of hydrogen-bond acceptors (Lipinski definition) is 2. The maximum absolute atomic E-state index is 10.7. The molecule has 0 rings (SSSR count). The summed E-state index contributed by atoms with van der Waals surface area (Å²) in [6, 6.07) is 0. The third-order valence-electron chi connectivity index (χ3n) is 2.18. The van der Waals surface area contributed by atoms with Crippen LogP contribution in [0.2, 0.25) is 0 Å². The molecular formula is C9H16Na2O4. The molecule has 2 radical (unpaired) electrons. The smallest absolute Gasteiger partial charge is 0.307 e. The number of carboxylic acid groups (broad SMARTS) is 2. The zero-order valence-electron chi connectivity index (χ0n) is 9.99. The van der Waals surface area contributed by atoms with Crippen molar-refractivity contribution in [3.63, 3.8) is 0 Å². The monoisotopic (exact) mass is 234 g/mol. The fourth-order valence-electron chi connectivity index (χ4n) is 1.18. The summed E-state index contributed by atoms with van der Waals surface area (Å²) in [5, 5.41) is 17.4. The molecule has 2 unspecified atom stereocenters. The second-order valence-corrected chi connectivity index (χ2v) is 3.21. The van der Waals surface area contributed by atoms with Gasteiger partial charge in [0.1, 0.15) is 0 Å². The molecule has 0 heterocycles. The van der Waals surface area contributed by atoms with Gasteiger partial charge in [0, 0.05) is 59.1 Å². The predicted molar refractivity (Wildman–Crippen MR) is 59.0 cm³/mol. The van der Waals surface area contributed by atoms with Crippen LogP contribution >= 0.6 is 0 Å². The zero-order chi connectivity index (χ0) is 10.4. The molecule has 2 N–H and O–H groups in total. The molecule has 0 aromatic carbocycles. The molecule has 0 aliphatic carbocycles. The molecule has 0 saturated heterocycles. The van der Waals surface area contributed by atoms with Crippen molar-refractivity contribution in [1.29, 1.82) is 0 Å². The van der Waals surface area contributed by atoms with E-state index in [1.807, 2.05) is 6.92 Å². The minimum Gasteiger partial charge on any atom is -0.481 e. The van der Waals surface area contributed by atoms with Crippen LogP contribution in [0.3, 0.4) is 0 Å². The Morgan fingerprint density at radius 2 is 1.60 bits per heavy atom. The van der Waals surface area contributed by atoms with Gasteiger partial charge in [0.2, 0.25) is 0 Å². The Balaban J connectivity index is -0.000000720. The van der Waals surface area contributed by atoms with Gasteiger partial charge in [0.05, 0.1) is 11.8 Å². The van der Waals surface area contributed by atoms with Crippen LogP contribution in [0, 0.1) is 11.8 Å². The molecule has 15 heavy (non-hydrogen) atoms. The number of hydrogen-bond donors (Lipinski definition) is 2. The zero-order valence-corrected chi connectivity index (χ0v) is 14.0. The summed E-state index contributed by atoms with van der Waals surface area (Å²) in [5.74, 6) is -3.60. The van der Waals surface area contributed by atoms with Crippen molar-refractivity contribution in [1.82, 2.24) is 0 Å². The maximum Gasteiger partial charge on any atom is 0.307 e. The van der Waals surface area contributed by atoms with Crippen LogP contribution in [-0.4, -0.2) is 81.3 Å². The van der Waals surface area contributed by atoms with Crippen molar-refractivity contribution in [2.75, 3.05) is 0 Å². The van der Waals surface area contributed by atoms with E-state index in [1.54, 1.807) is 0 Å². The van der Waals surface area contributed by atoms with E-state index in [9.17, 15) is 9.59 Å². The normalized spacial score (nSPS) is 12.9. The summed E-state index contributed by atoms with van der Waals surface area (Å²) in [6.07, 6.45) is 2.09. The Hall–Kier alpha value is 0.940. The molecule has 0 aromatic rings. The quantitative estimate of drug-likeness (QED) is 0.668. The Bertz CT molecular complexity index is 197. The molecule has 6 heteroatoms. The predicted octanol–water partition coefficient (Wildman–Crippen LogP) is 0.837. The average molecular weight is 234 g/mol. The summed E-state index contributed by atoms with van der Waals surface area (Å²) < 4.78 is 0. The first kappa shape index (κ1) is 21.2. The molecule has 0 bridgehead atoms. The van der Waals surface area contributed by atoms with Crippen molar-refractivity contribution >= 4 is 71.1 Å². The van der Waals surface area contributed by atoms with Gasteiger partial charge < -0.3 is 10.2 Å². The first-order valence-electron chi connectivity index (χ1n) is 4.46. The van der Waals surface area contributed by atoms with Gasteiger partial charge in [-0.05, 0) is 6.42 Å². The summed E-state index contributed by atoms with van der Waals surface area (Å²) in [6.45, 7) is 3.39. The number of rotatable bonds is 6. The number of unbranched alkanes of at least 4 members (excludes halogenated alkanes) is 1. The third-order valence-corrected chi connectivity index (χ3v) is 2.18. The first-order valence-corrected chi connectivity index (χ1v) is 4.46. The molecule has 4 nitrogen and oxygen atoms in total. The average Bonchev–Trinajstić information content (AvgIpc) is 2.04. The second-order valence-electron chi connectivity index (χ2n) is 3.21. The van der Waals surface area contributed by atoms with Crippen molar-refractivity contribution in [3.05, 3.63) is 0 Å². The van der Waals surface area contributed by atoms with Gasteiger partial charge in [-0.1, -0.05) is 26.7 Å². The Kier molecular flexibility index (Phi) is 16.2. The van der Waals surface area contributed by atoms with Gasteiger partial charge in [-0.15, -0.1) is 0 Å². The number of carboxylic acids is 2. The molecule has 0 aromatic heterocycles.